The van der Waals surface area contributed by atoms with Gasteiger partial charge in [-0.25, -0.2) is 4.98 Å². The normalized spacial score (nSPS) is 10.9. The lowest BCUT2D eigenvalue weighted by molar-refractivity contribution is 0.894. The van der Waals surface area contributed by atoms with Gasteiger partial charge >= 0.3 is 0 Å². The smallest absolute Gasteiger partial charge is 0.152 e. The van der Waals surface area contributed by atoms with Gasteiger partial charge in [-0.3, -0.25) is 0 Å². The molecule has 0 aliphatic rings. The molecule has 0 radical (unpaired) electrons. The van der Waals surface area contributed by atoms with E-state index >= 15 is 0 Å². The topological polar surface area (TPSA) is 20.5 Å². The first-order chi connectivity index (χ1) is 9.79. The molecule has 3 aromatic rings. The molecule has 2 aromatic heterocycles. The van der Waals surface area contributed by atoms with Crippen molar-refractivity contribution >= 4 is 23.1 Å². The Morgan fingerprint density at radius 3 is 2.60 bits per heavy atom. The number of imidazole rings is 1. The lowest BCUT2D eigenvalue weighted by Gasteiger charge is -2.18. The Labute approximate surface area is 123 Å². The minimum Gasteiger partial charge on any atom is -0.354 e. The summed E-state index contributed by atoms with van der Waals surface area (Å²) in [5.41, 5.74) is 3.21. The van der Waals surface area contributed by atoms with Crippen molar-refractivity contribution in [3.05, 3.63) is 66.0 Å². The third kappa shape index (κ3) is 2.37. The van der Waals surface area contributed by atoms with Crippen molar-refractivity contribution in [1.82, 2.24) is 9.38 Å². The number of nitrogens with zero attached hydrogens (tertiary/aromatic N) is 3. The largest absolute Gasteiger partial charge is 0.354 e. The number of hydrogen-bond acceptors (Lipinski definition) is 2. The standard InChI is InChI=1S/C16H16ClN3/c1-19(12-13-7-3-2-4-8-13)16-14(11-17)20-10-6-5-9-15(20)18-16/h2-10H,11-12H2,1H3. The first kappa shape index (κ1) is 13.0. The molecule has 1 aromatic carbocycles. The van der Waals surface area contributed by atoms with Crippen molar-refractivity contribution in [1.29, 1.82) is 0 Å². The average molecular weight is 286 g/mol. The zero-order valence-electron chi connectivity index (χ0n) is 11.3. The molecule has 0 unspecified atom stereocenters. The Morgan fingerprint density at radius 1 is 1.10 bits per heavy atom. The first-order valence-corrected chi connectivity index (χ1v) is 7.10. The van der Waals surface area contributed by atoms with Gasteiger partial charge in [0.2, 0.25) is 0 Å². The molecule has 0 aliphatic carbocycles. The van der Waals surface area contributed by atoms with Gasteiger partial charge in [0.1, 0.15) is 5.65 Å². The maximum absolute atomic E-state index is 6.11. The third-order valence-corrected chi connectivity index (χ3v) is 3.61. The van der Waals surface area contributed by atoms with Gasteiger partial charge < -0.3 is 9.30 Å². The number of anilines is 1. The van der Waals surface area contributed by atoms with Gasteiger partial charge in [-0.05, 0) is 17.7 Å². The highest BCUT2D eigenvalue weighted by Gasteiger charge is 2.14. The summed E-state index contributed by atoms with van der Waals surface area (Å²) in [5, 5.41) is 0. The van der Waals surface area contributed by atoms with Crippen molar-refractivity contribution < 1.29 is 0 Å². The summed E-state index contributed by atoms with van der Waals surface area (Å²) in [6, 6.07) is 16.3. The van der Waals surface area contributed by atoms with Crippen molar-refractivity contribution in [3.63, 3.8) is 0 Å². The van der Waals surface area contributed by atoms with Crippen LogP contribution >= 0.6 is 11.6 Å². The molecule has 20 heavy (non-hydrogen) atoms. The second-order valence-electron chi connectivity index (χ2n) is 4.79. The van der Waals surface area contributed by atoms with Crippen LogP contribution in [0.25, 0.3) is 5.65 Å². The molecule has 3 nitrogen and oxygen atoms in total. The summed E-state index contributed by atoms with van der Waals surface area (Å²) >= 11 is 6.11. The van der Waals surface area contributed by atoms with Crippen LogP contribution < -0.4 is 4.90 Å². The quantitative estimate of drug-likeness (QED) is 0.681. The fraction of sp³-hybridized carbons (Fsp3) is 0.188. The molecular weight excluding hydrogens is 270 g/mol. The van der Waals surface area contributed by atoms with Crippen LogP contribution in [0.15, 0.2) is 54.7 Å². The summed E-state index contributed by atoms with van der Waals surface area (Å²) in [6.45, 7) is 0.814. The molecule has 0 saturated carbocycles. The van der Waals surface area contributed by atoms with Gasteiger partial charge in [0.15, 0.2) is 5.82 Å². The monoisotopic (exact) mass is 285 g/mol. The van der Waals surface area contributed by atoms with E-state index in [0.717, 1.165) is 23.7 Å². The van der Waals surface area contributed by atoms with E-state index in [1.165, 1.54) is 5.56 Å². The van der Waals surface area contributed by atoms with Crippen LogP contribution in [0.3, 0.4) is 0 Å². The van der Waals surface area contributed by atoms with E-state index in [1.54, 1.807) is 0 Å². The zero-order chi connectivity index (χ0) is 13.9. The van der Waals surface area contributed by atoms with Gasteiger partial charge in [0, 0.05) is 19.8 Å². The number of hydrogen-bond donors (Lipinski definition) is 0. The zero-order valence-corrected chi connectivity index (χ0v) is 12.1. The molecule has 3 rings (SSSR count). The van der Waals surface area contributed by atoms with Crippen LogP contribution in [0.2, 0.25) is 0 Å². The Kier molecular flexibility index (Phi) is 3.61. The van der Waals surface area contributed by atoms with E-state index in [4.69, 9.17) is 11.6 Å². The van der Waals surface area contributed by atoms with E-state index in [9.17, 15) is 0 Å². The number of pyridine rings is 1. The highest BCUT2D eigenvalue weighted by Crippen LogP contribution is 2.23. The Bertz CT molecular complexity index is 706. The number of aromatic nitrogens is 2. The van der Waals surface area contributed by atoms with E-state index in [2.05, 4.69) is 34.1 Å². The average Bonchev–Trinajstić information content (AvgIpc) is 2.87. The van der Waals surface area contributed by atoms with E-state index in [0.29, 0.717) is 5.88 Å². The maximum atomic E-state index is 6.11. The molecule has 0 N–H and O–H groups in total. The van der Waals surface area contributed by atoms with Crippen LogP contribution in [0.1, 0.15) is 11.3 Å². The fourth-order valence-electron chi connectivity index (χ4n) is 2.40. The second kappa shape index (κ2) is 5.55. The van der Waals surface area contributed by atoms with Crippen molar-refractivity contribution in [2.24, 2.45) is 0 Å². The van der Waals surface area contributed by atoms with Crippen LogP contribution in [-0.4, -0.2) is 16.4 Å². The molecule has 4 heteroatoms. The molecular formula is C16H16ClN3. The van der Waals surface area contributed by atoms with Crippen molar-refractivity contribution in [2.75, 3.05) is 11.9 Å². The van der Waals surface area contributed by atoms with Crippen molar-refractivity contribution in [3.8, 4) is 0 Å². The molecule has 0 amide bonds. The molecule has 0 spiro atoms. The van der Waals surface area contributed by atoms with Crippen LogP contribution in [0, 0.1) is 0 Å². The summed E-state index contributed by atoms with van der Waals surface area (Å²) in [7, 11) is 2.05. The molecule has 0 bridgehead atoms. The fourth-order valence-corrected chi connectivity index (χ4v) is 2.64. The molecule has 0 aliphatic heterocycles. The molecule has 0 atom stereocenters. The van der Waals surface area contributed by atoms with Gasteiger partial charge in [0.25, 0.3) is 0 Å². The third-order valence-electron chi connectivity index (χ3n) is 3.36. The lowest BCUT2D eigenvalue weighted by atomic mass is 10.2. The van der Waals surface area contributed by atoms with Gasteiger partial charge in [0.05, 0.1) is 11.6 Å². The summed E-state index contributed by atoms with van der Waals surface area (Å²) in [5.74, 6) is 1.38. The Hall–Kier alpha value is -2.00. The second-order valence-corrected chi connectivity index (χ2v) is 5.05. The SMILES string of the molecule is CN(Cc1ccccc1)c1nc2ccccn2c1CCl. The summed E-state index contributed by atoms with van der Waals surface area (Å²) < 4.78 is 2.05. The molecule has 2 heterocycles. The minimum absolute atomic E-state index is 0.444. The minimum atomic E-state index is 0.444. The van der Waals surface area contributed by atoms with Gasteiger partial charge in [-0.2, -0.15) is 0 Å². The lowest BCUT2D eigenvalue weighted by Crippen LogP contribution is -2.18. The summed E-state index contributed by atoms with van der Waals surface area (Å²) in [6.07, 6.45) is 2.00. The predicted octanol–water partition coefficient (Wildman–Crippen LogP) is 3.71. The van der Waals surface area contributed by atoms with Crippen LogP contribution in [0.5, 0.6) is 0 Å². The molecule has 102 valence electrons. The number of rotatable bonds is 4. The Morgan fingerprint density at radius 2 is 1.85 bits per heavy atom. The highest BCUT2D eigenvalue weighted by atomic mass is 35.5. The highest BCUT2D eigenvalue weighted by molar-refractivity contribution is 6.17. The van der Waals surface area contributed by atoms with Gasteiger partial charge in [-0.15, -0.1) is 11.6 Å². The summed E-state index contributed by atoms with van der Waals surface area (Å²) in [4.78, 5) is 6.82. The Balaban J connectivity index is 1.97. The number of benzene rings is 1. The van der Waals surface area contributed by atoms with E-state index < -0.39 is 0 Å². The number of fused-ring (bicyclic) bond motifs is 1. The van der Waals surface area contributed by atoms with E-state index in [1.807, 2.05) is 41.9 Å². The predicted molar refractivity (Wildman–Crippen MR) is 83.3 cm³/mol. The number of halogens is 1. The van der Waals surface area contributed by atoms with Crippen molar-refractivity contribution in [2.45, 2.75) is 12.4 Å². The van der Waals surface area contributed by atoms with Crippen LogP contribution in [0.4, 0.5) is 5.82 Å². The van der Waals surface area contributed by atoms with Gasteiger partial charge in [-0.1, -0.05) is 36.4 Å². The first-order valence-electron chi connectivity index (χ1n) is 6.56. The molecule has 0 fully saturated rings. The molecule has 0 saturated heterocycles. The van der Waals surface area contributed by atoms with E-state index in [-0.39, 0.29) is 0 Å². The maximum Gasteiger partial charge on any atom is 0.152 e. The number of alkyl halides is 1. The van der Waals surface area contributed by atoms with Crippen LogP contribution in [-0.2, 0) is 12.4 Å².